The predicted molar refractivity (Wildman–Crippen MR) is 114 cm³/mol. The van der Waals surface area contributed by atoms with Crippen molar-refractivity contribution in [1.82, 2.24) is 10.2 Å². The molecule has 2 aromatic rings. The SMILES string of the molecule is COc1ccccc1OCCNC(=O)C1CCN(Cc2ccc(Br)cc2)CC1. The highest BCUT2D eigenvalue weighted by atomic mass is 79.9. The highest BCUT2D eigenvalue weighted by Gasteiger charge is 2.24. The molecule has 2 aromatic carbocycles. The van der Waals surface area contributed by atoms with E-state index in [4.69, 9.17) is 9.47 Å². The average molecular weight is 447 g/mol. The molecule has 0 saturated carbocycles. The lowest BCUT2D eigenvalue weighted by Gasteiger charge is -2.31. The maximum Gasteiger partial charge on any atom is 0.223 e. The molecule has 5 nitrogen and oxygen atoms in total. The van der Waals surface area contributed by atoms with Gasteiger partial charge in [0.1, 0.15) is 6.61 Å². The van der Waals surface area contributed by atoms with Gasteiger partial charge >= 0.3 is 0 Å². The molecule has 0 bridgehead atoms. The normalized spacial score (nSPS) is 15.2. The summed E-state index contributed by atoms with van der Waals surface area (Å²) in [5.74, 6) is 1.62. The minimum absolute atomic E-state index is 0.0902. The van der Waals surface area contributed by atoms with Crippen LogP contribution in [0.1, 0.15) is 18.4 Å². The van der Waals surface area contributed by atoms with Gasteiger partial charge in [-0.1, -0.05) is 40.2 Å². The van der Waals surface area contributed by atoms with Crippen molar-refractivity contribution in [1.29, 1.82) is 0 Å². The van der Waals surface area contributed by atoms with E-state index in [1.165, 1.54) is 5.56 Å². The molecule has 0 unspecified atom stereocenters. The largest absolute Gasteiger partial charge is 0.493 e. The molecule has 1 aliphatic heterocycles. The fourth-order valence-corrected chi connectivity index (χ4v) is 3.68. The third-order valence-electron chi connectivity index (χ3n) is 5.01. The van der Waals surface area contributed by atoms with Gasteiger partial charge in [0, 0.05) is 16.9 Å². The number of carbonyl (C=O) groups excluding carboxylic acids is 1. The van der Waals surface area contributed by atoms with E-state index in [0.717, 1.165) is 36.9 Å². The van der Waals surface area contributed by atoms with Crippen molar-refractivity contribution in [2.45, 2.75) is 19.4 Å². The van der Waals surface area contributed by atoms with Crippen molar-refractivity contribution in [3.8, 4) is 11.5 Å². The fourth-order valence-electron chi connectivity index (χ4n) is 3.42. The van der Waals surface area contributed by atoms with E-state index in [9.17, 15) is 4.79 Å². The zero-order valence-corrected chi connectivity index (χ0v) is 17.8. The number of carbonyl (C=O) groups is 1. The van der Waals surface area contributed by atoms with Crippen LogP contribution in [0, 0.1) is 5.92 Å². The number of halogens is 1. The molecule has 0 aliphatic carbocycles. The Labute approximate surface area is 175 Å². The maximum absolute atomic E-state index is 12.4. The Balaban J connectivity index is 1.35. The number of rotatable bonds is 8. The smallest absolute Gasteiger partial charge is 0.223 e. The third-order valence-corrected chi connectivity index (χ3v) is 5.53. The number of amides is 1. The molecule has 1 heterocycles. The van der Waals surface area contributed by atoms with E-state index in [2.05, 4.69) is 50.4 Å². The summed E-state index contributed by atoms with van der Waals surface area (Å²) in [6.07, 6.45) is 1.80. The summed E-state index contributed by atoms with van der Waals surface area (Å²) < 4.78 is 12.1. The average Bonchev–Trinajstić information content (AvgIpc) is 2.73. The van der Waals surface area contributed by atoms with Crippen LogP contribution in [0.25, 0.3) is 0 Å². The van der Waals surface area contributed by atoms with E-state index >= 15 is 0 Å². The van der Waals surface area contributed by atoms with Crippen molar-refractivity contribution in [2.24, 2.45) is 5.92 Å². The lowest BCUT2D eigenvalue weighted by molar-refractivity contribution is -0.126. The topological polar surface area (TPSA) is 50.8 Å². The number of hydrogen-bond donors (Lipinski definition) is 1. The van der Waals surface area contributed by atoms with Crippen molar-refractivity contribution in [3.05, 3.63) is 58.6 Å². The molecule has 1 fully saturated rings. The van der Waals surface area contributed by atoms with E-state index in [-0.39, 0.29) is 11.8 Å². The molecule has 0 spiro atoms. The summed E-state index contributed by atoms with van der Waals surface area (Å²) in [6, 6.07) is 16.0. The van der Waals surface area contributed by atoms with Crippen LogP contribution in [0.5, 0.6) is 11.5 Å². The summed E-state index contributed by atoms with van der Waals surface area (Å²) in [7, 11) is 1.62. The van der Waals surface area contributed by atoms with Crippen molar-refractivity contribution < 1.29 is 14.3 Å². The fraction of sp³-hybridized carbons (Fsp3) is 0.409. The first-order chi connectivity index (χ1) is 13.7. The van der Waals surface area contributed by atoms with Gasteiger partial charge in [-0.25, -0.2) is 0 Å². The van der Waals surface area contributed by atoms with Crippen LogP contribution >= 0.6 is 15.9 Å². The number of nitrogens with zero attached hydrogens (tertiary/aromatic N) is 1. The maximum atomic E-state index is 12.4. The Morgan fingerprint density at radius 1 is 1.11 bits per heavy atom. The van der Waals surface area contributed by atoms with Gasteiger partial charge in [-0.3, -0.25) is 9.69 Å². The Kier molecular flexibility index (Phi) is 7.74. The van der Waals surface area contributed by atoms with Crippen LogP contribution in [0.4, 0.5) is 0 Å². The second-order valence-electron chi connectivity index (χ2n) is 6.97. The Morgan fingerprint density at radius 2 is 1.79 bits per heavy atom. The minimum atomic E-state index is 0.0902. The monoisotopic (exact) mass is 446 g/mol. The molecule has 0 radical (unpaired) electrons. The van der Waals surface area contributed by atoms with Gasteiger partial charge in [-0.2, -0.15) is 0 Å². The van der Waals surface area contributed by atoms with E-state index < -0.39 is 0 Å². The number of ether oxygens (including phenoxy) is 2. The van der Waals surface area contributed by atoms with Crippen molar-refractivity contribution in [2.75, 3.05) is 33.4 Å². The van der Waals surface area contributed by atoms with Crippen LogP contribution in [-0.4, -0.2) is 44.2 Å². The Morgan fingerprint density at radius 3 is 2.46 bits per heavy atom. The van der Waals surface area contributed by atoms with E-state index in [1.807, 2.05) is 24.3 Å². The molecule has 1 N–H and O–H groups in total. The van der Waals surface area contributed by atoms with Gasteiger partial charge in [-0.15, -0.1) is 0 Å². The van der Waals surface area contributed by atoms with Crippen LogP contribution in [0.15, 0.2) is 53.0 Å². The zero-order valence-electron chi connectivity index (χ0n) is 16.2. The molecule has 0 atom stereocenters. The van der Waals surface area contributed by atoms with Gasteiger partial charge in [0.2, 0.25) is 5.91 Å². The van der Waals surface area contributed by atoms with Crippen LogP contribution in [-0.2, 0) is 11.3 Å². The summed E-state index contributed by atoms with van der Waals surface area (Å²) in [6.45, 7) is 3.76. The number of likely N-dealkylation sites (tertiary alicyclic amines) is 1. The first kappa shape index (κ1) is 20.7. The van der Waals surface area contributed by atoms with E-state index in [0.29, 0.717) is 24.7 Å². The molecular weight excluding hydrogens is 420 g/mol. The first-order valence-corrected chi connectivity index (χ1v) is 10.5. The molecule has 1 aliphatic rings. The Hall–Kier alpha value is -2.05. The number of hydrogen-bond acceptors (Lipinski definition) is 4. The number of nitrogens with one attached hydrogen (secondary N) is 1. The molecule has 28 heavy (non-hydrogen) atoms. The lowest BCUT2D eigenvalue weighted by Crippen LogP contribution is -2.41. The van der Waals surface area contributed by atoms with Gasteiger partial charge in [-0.05, 0) is 55.8 Å². The number of methoxy groups -OCH3 is 1. The summed E-state index contributed by atoms with van der Waals surface area (Å²) >= 11 is 3.47. The third kappa shape index (κ3) is 5.97. The number of para-hydroxylation sites is 2. The van der Waals surface area contributed by atoms with Gasteiger partial charge in [0.15, 0.2) is 11.5 Å². The lowest BCUT2D eigenvalue weighted by atomic mass is 9.95. The highest BCUT2D eigenvalue weighted by molar-refractivity contribution is 9.10. The molecular formula is C22H27BrN2O3. The first-order valence-electron chi connectivity index (χ1n) is 9.66. The van der Waals surface area contributed by atoms with Crippen LogP contribution in [0.2, 0.25) is 0 Å². The quantitative estimate of drug-likeness (QED) is 0.625. The zero-order chi connectivity index (χ0) is 19.8. The van der Waals surface area contributed by atoms with Gasteiger partial charge < -0.3 is 14.8 Å². The molecule has 6 heteroatoms. The minimum Gasteiger partial charge on any atom is -0.493 e. The standard InChI is InChI=1S/C22H27BrN2O3/c1-27-20-4-2-3-5-21(20)28-15-12-24-22(26)18-10-13-25(14-11-18)16-17-6-8-19(23)9-7-17/h2-9,18H,10-16H2,1H3,(H,24,26). The molecule has 1 amide bonds. The molecule has 0 aromatic heterocycles. The number of benzene rings is 2. The second-order valence-corrected chi connectivity index (χ2v) is 7.88. The van der Waals surface area contributed by atoms with Crippen LogP contribution < -0.4 is 14.8 Å². The van der Waals surface area contributed by atoms with Crippen LogP contribution in [0.3, 0.4) is 0 Å². The van der Waals surface area contributed by atoms with Crippen molar-refractivity contribution >= 4 is 21.8 Å². The molecule has 1 saturated heterocycles. The highest BCUT2D eigenvalue weighted by Crippen LogP contribution is 2.25. The van der Waals surface area contributed by atoms with Crippen molar-refractivity contribution in [3.63, 3.8) is 0 Å². The second kappa shape index (κ2) is 10.5. The molecule has 150 valence electrons. The van der Waals surface area contributed by atoms with Gasteiger partial charge in [0.25, 0.3) is 0 Å². The predicted octanol–water partition coefficient (Wildman–Crippen LogP) is 3.86. The number of piperidine rings is 1. The molecule has 3 rings (SSSR count). The summed E-state index contributed by atoms with van der Waals surface area (Å²) in [4.78, 5) is 14.8. The summed E-state index contributed by atoms with van der Waals surface area (Å²) in [5.41, 5.74) is 1.31. The summed E-state index contributed by atoms with van der Waals surface area (Å²) in [5, 5.41) is 3.00. The van der Waals surface area contributed by atoms with Gasteiger partial charge in [0.05, 0.1) is 13.7 Å². The van der Waals surface area contributed by atoms with E-state index in [1.54, 1.807) is 7.11 Å². The Bertz CT molecular complexity index is 759.